The molecule has 0 aromatic heterocycles. The van der Waals surface area contributed by atoms with Crippen LogP contribution in [-0.2, 0) is 19.1 Å². The van der Waals surface area contributed by atoms with Crippen molar-refractivity contribution in [3.63, 3.8) is 0 Å². The Morgan fingerprint density at radius 1 is 1.46 bits per heavy atom. The zero-order valence-corrected chi connectivity index (χ0v) is 15.2. The molecule has 6 nitrogen and oxygen atoms in total. The van der Waals surface area contributed by atoms with Crippen molar-refractivity contribution in [2.24, 2.45) is 5.92 Å². The number of esters is 2. The van der Waals surface area contributed by atoms with Crippen molar-refractivity contribution in [3.8, 4) is 0 Å². The van der Waals surface area contributed by atoms with Crippen LogP contribution in [0.3, 0.4) is 0 Å². The molecule has 0 amide bonds. The fraction of sp³-hybridized carbons (Fsp3) is 0.500. The van der Waals surface area contributed by atoms with Gasteiger partial charge in [-0.3, -0.25) is 0 Å². The second-order valence-corrected chi connectivity index (χ2v) is 6.61. The molecule has 142 valence electrons. The van der Waals surface area contributed by atoms with Crippen LogP contribution in [0.1, 0.15) is 33.1 Å². The summed E-state index contributed by atoms with van der Waals surface area (Å²) in [6.45, 7) is 6.85. The minimum Gasteiger partial charge on any atom is -0.458 e. The van der Waals surface area contributed by atoms with Crippen molar-refractivity contribution in [2.75, 3.05) is 13.2 Å². The van der Waals surface area contributed by atoms with E-state index in [9.17, 15) is 19.8 Å². The van der Waals surface area contributed by atoms with Crippen molar-refractivity contribution < 1.29 is 29.3 Å². The van der Waals surface area contributed by atoms with E-state index in [1.54, 1.807) is 13.0 Å². The second-order valence-electron chi connectivity index (χ2n) is 6.61. The average Bonchev–Trinajstić information content (AvgIpc) is 2.88. The molecule has 1 aliphatic heterocycles. The van der Waals surface area contributed by atoms with Crippen LogP contribution < -0.4 is 0 Å². The number of aliphatic hydroxyl groups excluding tert-OH is 2. The van der Waals surface area contributed by atoms with Gasteiger partial charge in [0.05, 0.1) is 24.7 Å². The van der Waals surface area contributed by atoms with E-state index in [4.69, 9.17) is 9.47 Å². The SMILES string of the molecule is C=C1C(=O)O[C@@H]2/C=C(\CO)CCC=C(C)C[C@H](OC(=O)/C(=C/C)CO)[C@@H]12. The molecule has 0 spiro atoms. The smallest absolute Gasteiger partial charge is 0.336 e. The van der Waals surface area contributed by atoms with Crippen LogP contribution in [0, 0.1) is 5.92 Å². The molecule has 0 unspecified atom stereocenters. The maximum atomic E-state index is 12.3. The first-order valence-electron chi connectivity index (χ1n) is 8.74. The summed E-state index contributed by atoms with van der Waals surface area (Å²) in [5.41, 5.74) is 2.19. The van der Waals surface area contributed by atoms with Gasteiger partial charge < -0.3 is 19.7 Å². The summed E-state index contributed by atoms with van der Waals surface area (Å²) in [6.07, 6.45) is 5.82. The highest BCUT2D eigenvalue weighted by molar-refractivity contribution is 5.92. The lowest BCUT2D eigenvalue weighted by Crippen LogP contribution is -2.34. The molecule has 1 heterocycles. The highest BCUT2D eigenvalue weighted by Crippen LogP contribution is 2.36. The lowest BCUT2D eigenvalue weighted by atomic mass is 9.85. The molecule has 1 fully saturated rings. The quantitative estimate of drug-likeness (QED) is 0.451. The number of hydrogen-bond donors (Lipinski definition) is 2. The van der Waals surface area contributed by atoms with Crippen LogP contribution in [0.15, 0.2) is 47.1 Å². The maximum absolute atomic E-state index is 12.3. The fourth-order valence-electron chi connectivity index (χ4n) is 3.26. The zero-order chi connectivity index (χ0) is 19.3. The van der Waals surface area contributed by atoms with Gasteiger partial charge in [-0.05, 0) is 38.3 Å². The van der Waals surface area contributed by atoms with Crippen molar-refractivity contribution >= 4 is 11.9 Å². The Morgan fingerprint density at radius 3 is 2.81 bits per heavy atom. The van der Waals surface area contributed by atoms with Crippen LogP contribution >= 0.6 is 0 Å². The van der Waals surface area contributed by atoms with E-state index in [2.05, 4.69) is 6.58 Å². The van der Waals surface area contributed by atoms with Crippen LogP contribution in [0.25, 0.3) is 0 Å². The minimum atomic E-state index is -0.654. The topological polar surface area (TPSA) is 93.1 Å². The molecule has 2 aliphatic rings. The standard InChI is InChI=1S/C20H26O6/c1-4-15(11-22)20(24)26-16-8-12(2)6-5-7-14(10-21)9-17-18(16)13(3)19(23)25-17/h4,6,9,16-18,21-22H,3,5,7-8,10-11H2,1-2H3/b12-6?,14-9-,15-4+/t16-,17+,18+/m0/s1. The van der Waals surface area contributed by atoms with E-state index in [1.165, 1.54) is 6.08 Å². The molecular weight excluding hydrogens is 336 g/mol. The summed E-state index contributed by atoms with van der Waals surface area (Å²) in [5, 5.41) is 18.9. The lowest BCUT2D eigenvalue weighted by molar-refractivity contribution is -0.147. The van der Waals surface area contributed by atoms with Gasteiger partial charge in [-0.15, -0.1) is 0 Å². The highest BCUT2D eigenvalue weighted by atomic mass is 16.6. The highest BCUT2D eigenvalue weighted by Gasteiger charge is 2.44. The van der Waals surface area contributed by atoms with Crippen molar-refractivity contribution in [2.45, 2.75) is 45.3 Å². The molecule has 0 aromatic carbocycles. The van der Waals surface area contributed by atoms with E-state index in [-0.39, 0.29) is 17.8 Å². The van der Waals surface area contributed by atoms with Crippen LogP contribution in [0.4, 0.5) is 0 Å². The van der Waals surface area contributed by atoms with Gasteiger partial charge in [0.15, 0.2) is 0 Å². The zero-order valence-electron chi connectivity index (χ0n) is 15.2. The summed E-state index contributed by atoms with van der Waals surface area (Å²) < 4.78 is 11.0. The number of ether oxygens (including phenoxy) is 2. The van der Waals surface area contributed by atoms with E-state index in [0.717, 1.165) is 17.6 Å². The largest absolute Gasteiger partial charge is 0.458 e. The third-order valence-electron chi connectivity index (χ3n) is 4.79. The Kier molecular flexibility index (Phi) is 6.94. The molecule has 0 saturated carbocycles. The maximum Gasteiger partial charge on any atom is 0.336 e. The van der Waals surface area contributed by atoms with Gasteiger partial charge in [0.1, 0.15) is 12.2 Å². The molecule has 0 aromatic rings. The number of carbonyl (C=O) groups excluding carboxylic acids is 2. The molecular formula is C20H26O6. The first kappa shape index (κ1) is 20.1. The van der Waals surface area contributed by atoms with E-state index in [0.29, 0.717) is 12.8 Å². The van der Waals surface area contributed by atoms with Crippen LogP contribution in [0.2, 0.25) is 0 Å². The number of fused-ring (bicyclic) bond motifs is 1. The normalized spacial score (nSPS) is 29.2. The second kappa shape index (κ2) is 8.96. The third-order valence-corrected chi connectivity index (χ3v) is 4.79. The Bertz CT molecular complexity index is 670. The lowest BCUT2D eigenvalue weighted by Gasteiger charge is -2.27. The molecule has 2 N–H and O–H groups in total. The molecule has 0 bridgehead atoms. The van der Waals surface area contributed by atoms with E-state index in [1.807, 2.05) is 13.0 Å². The number of rotatable bonds is 4. The number of hydrogen-bond acceptors (Lipinski definition) is 6. The minimum absolute atomic E-state index is 0.127. The molecule has 0 radical (unpaired) electrons. The van der Waals surface area contributed by atoms with Crippen LogP contribution in [0.5, 0.6) is 0 Å². The van der Waals surface area contributed by atoms with E-state index >= 15 is 0 Å². The number of carbonyl (C=O) groups is 2. The Labute approximate surface area is 153 Å². The molecule has 2 rings (SSSR count). The summed E-state index contributed by atoms with van der Waals surface area (Å²) in [4.78, 5) is 24.4. The summed E-state index contributed by atoms with van der Waals surface area (Å²) in [6, 6.07) is 0. The summed E-state index contributed by atoms with van der Waals surface area (Å²) in [5.74, 6) is -1.68. The molecule has 1 aliphatic carbocycles. The Hall–Kier alpha value is -2.18. The van der Waals surface area contributed by atoms with Gasteiger partial charge >= 0.3 is 11.9 Å². The molecule has 3 atom stereocenters. The van der Waals surface area contributed by atoms with Gasteiger partial charge in [-0.1, -0.05) is 24.3 Å². The fourth-order valence-corrected chi connectivity index (χ4v) is 3.26. The summed E-state index contributed by atoms with van der Waals surface area (Å²) >= 11 is 0. The van der Waals surface area contributed by atoms with Gasteiger partial charge in [-0.2, -0.15) is 0 Å². The van der Waals surface area contributed by atoms with Gasteiger partial charge in [0.25, 0.3) is 0 Å². The van der Waals surface area contributed by atoms with Crippen LogP contribution in [-0.4, -0.2) is 47.6 Å². The molecule has 1 saturated heterocycles. The Balaban J connectivity index is 2.39. The first-order chi connectivity index (χ1) is 12.4. The third kappa shape index (κ3) is 4.51. The van der Waals surface area contributed by atoms with Crippen molar-refractivity contribution in [1.29, 1.82) is 0 Å². The average molecular weight is 362 g/mol. The van der Waals surface area contributed by atoms with Gasteiger partial charge in [0.2, 0.25) is 0 Å². The van der Waals surface area contributed by atoms with Crippen molar-refractivity contribution in [3.05, 3.63) is 47.1 Å². The molecule has 6 heteroatoms. The van der Waals surface area contributed by atoms with Gasteiger partial charge in [-0.25, -0.2) is 9.59 Å². The van der Waals surface area contributed by atoms with Gasteiger partial charge in [0, 0.05) is 12.0 Å². The predicted octanol–water partition coefficient (Wildman–Crippen LogP) is 1.98. The monoisotopic (exact) mass is 362 g/mol. The first-order valence-corrected chi connectivity index (χ1v) is 8.74. The predicted molar refractivity (Wildman–Crippen MR) is 96.0 cm³/mol. The number of allylic oxidation sites excluding steroid dienone is 2. The number of aliphatic hydroxyl groups is 2. The Morgan fingerprint density at radius 2 is 2.19 bits per heavy atom. The van der Waals surface area contributed by atoms with E-state index < -0.39 is 36.7 Å². The summed E-state index contributed by atoms with van der Waals surface area (Å²) in [7, 11) is 0. The molecule has 26 heavy (non-hydrogen) atoms. The van der Waals surface area contributed by atoms with Crippen molar-refractivity contribution in [1.82, 2.24) is 0 Å².